The molecule has 2 aliphatic rings. The summed E-state index contributed by atoms with van der Waals surface area (Å²) in [5, 5.41) is 3.03. The van der Waals surface area contributed by atoms with Crippen LogP contribution in [-0.2, 0) is 16.0 Å². The van der Waals surface area contributed by atoms with Crippen LogP contribution in [0.3, 0.4) is 0 Å². The molecule has 170 valence electrons. The SMILES string of the molecule is CCC(Oc1ccc2c(c1)C(c1ccccc1)N(C(=O)C(C)C)CC2)C(=O)NCC1CC1. The van der Waals surface area contributed by atoms with Crippen LogP contribution >= 0.6 is 0 Å². The van der Waals surface area contributed by atoms with Gasteiger partial charge in [0, 0.05) is 19.0 Å². The molecule has 4 rings (SSSR count). The van der Waals surface area contributed by atoms with Gasteiger partial charge < -0.3 is 15.0 Å². The molecule has 1 fully saturated rings. The second-order valence-electron chi connectivity index (χ2n) is 9.31. The monoisotopic (exact) mass is 434 g/mol. The molecule has 0 radical (unpaired) electrons. The molecule has 1 aliphatic carbocycles. The van der Waals surface area contributed by atoms with Crippen molar-refractivity contribution < 1.29 is 14.3 Å². The fraction of sp³-hybridized carbons (Fsp3) is 0.481. The van der Waals surface area contributed by atoms with Crippen molar-refractivity contribution in [3.05, 3.63) is 65.2 Å². The third-order valence-corrected chi connectivity index (χ3v) is 6.44. The van der Waals surface area contributed by atoms with Gasteiger partial charge in [0.2, 0.25) is 5.91 Å². The Hall–Kier alpha value is -2.82. The van der Waals surface area contributed by atoms with E-state index in [0.29, 0.717) is 24.6 Å². The number of carbonyl (C=O) groups is 2. The fourth-order valence-electron chi connectivity index (χ4n) is 4.40. The Balaban J connectivity index is 1.61. The molecule has 5 nitrogen and oxygen atoms in total. The predicted molar refractivity (Wildman–Crippen MR) is 125 cm³/mol. The Kier molecular flexibility index (Phi) is 6.83. The minimum Gasteiger partial charge on any atom is -0.481 e. The van der Waals surface area contributed by atoms with Crippen molar-refractivity contribution in [1.29, 1.82) is 0 Å². The van der Waals surface area contributed by atoms with E-state index in [0.717, 1.165) is 24.1 Å². The lowest BCUT2D eigenvalue weighted by atomic mass is 9.87. The van der Waals surface area contributed by atoms with E-state index in [2.05, 4.69) is 23.5 Å². The average Bonchev–Trinajstić information content (AvgIpc) is 3.64. The Morgan fingerprint density at radius 3 is 2.53 bits per heavy atom. The van der Waals surface area contributed by atoms with Crippen molar-refractivity contribution >= 4 is 11.8 Å². The minimum atomic E-state index is -0.515. The summed E-state index contributed by atoms with van der Waals surface area (Å²) in [4.78, 5) is 27.7. The number of carbonyl (C=O) groups excluding carboxylic acids is 2. The molecular weight excluding hydrogens is 400 g/mol. The van der Waals surface area contributed by atoms with Crippen LogP contribution in [0.15, 0.2) is 48.5 Å². The molecule has 0 saturated heterocycles. The average molecular weight is 435 g/mol. The molecule has 2 amide bonds. The van der Waals surface area contributed by atoms with Gasteiger partial charge in [-0.1, -0.05) is 57.2 Å². The zero-order valence-corrected chi connectivity index (χ0v) is 19.3. The topological polar surface area (TPSA) is 58.6 Å². The number of nitrogens with zero attached hydrogens (tertiary/aromatic N) is 1. The Morgan fingerprint density at radius 1 is 1.12 bits per heavy atom. The van der Waals surface area contributed by atoms with E-state index in [9.17, 15) is 9.59 Å². The van der Waals surface area contributed by atoms with E-state index >= 15 is 0 Å². The van der Waals surface area contributed by atoms with Gasteiger partial charge in [-0.15, -0.1) is 0 Å². The first-order valence-electron chi connectivity index (χ1n) is 11.9. The highest BCUT2D eigenvalue weighted by atomic mass is 16.5. The van der Waals surface area contributed by atoms with Gasteiger partial charge in [-0.05, 0) is 60.4 Å². The van der Waals surface area contributed by atoms with Gasteiger partial charge in [0.05, 0.1) is 6.04 Å². The van der Waals surface area contributed by atoms with Crippen molar-refractivity contribution in [3.63, 3.8) is 0 Å². The summed E-state index contributed by atoms with van der Waals surface area (Å²) >= 11 is 0. The van der Waals surface area contributed by atoms with E-state index in [1.54, 1.807) is 0 Å². The summed E-state index contributed by atoms with van der Waals surface area (Å²) in [6, 6.07) is 16.1. The summed E-state index contributed by atoms with van der Waals surface area (Å²) in [5.41, 5.74) is 3.40. The van der Waals surface area contributed by atoms with Crippen molar-refractivity contribution in [3.8, 4) is 5.75 Å². The minimum absolute atomic E-state index is 0.0478. The smallest absolute Gasteiger partial charge is 0.261 e. The number of benzene rings is 2. The van der Waals surface area contributed by atoms with Gasteiger partial charge >= 0.3 is 0 Å². The molecular formula is C27H34N2O3. The highest BCUT2D eigenvalue weighted by molar-refractivity contribution is 5.81. The first-order chi connectivity index (χ1) is 15.5. The summed E-state index contributed by atoms with van der Waals surface area (Å²) in [6.07, 6.45) is 3.31. The molecule has 1 saturated carbocycles. The molecule has 1 N–H and O–H groups in total. The number of hydrogen-bond acceptors (Lipinski definition) is 3. The van der Waals surface area contributed by atoms with Gasteiger partial charge in [0.25, 0.3) is 5.91 Å². The van der Waals surface area contributed by atoms with Crippen LogP contribution in [0.1, 0.15) is 62.8 Å². The van der Waals surface area contributed by atoms with E-state index in [-0.39, 0.29) is 23.8 Å². The van der Waals surface area contributed by atoms with Crippen molar-refractivity contribution in [2.45, 2.75) is 58.6 Å². The van der Waals surface area contributed by atoms with Crippen molar-refractivity contribution in [2.24, 2.45) is 11.8 Å². The van der Waals surface area contributed by atoms with Crippen LogP contribution < -0.4 is 10.1 Å². The van der Waals surface area contributed by atoms with Crippen LogP contribution in [-0.4, -0.2) is 35.9 Å². The number of nitrogens with one attached hydrogen (secondary N) is 1. The van der Waals surface area contributed by atoms with E-state index in [1.807, 2.05) is 56.0 Å². The maximum atomic E-state index is 13.1. The number of hydrogen-bond donors (Lipinski definition) is 1. The van der Waals surface area contributed by atoms with Gasteiger partial charge in [0.1, 0.15) is 5.75 Å². The lowest BCUT2D eigenvalue weighted by Gasteiger charge is -2.39. The molecule has 1 heterocycles. The molecule has 2 aromatic rings. The second kappa shape index (κ2) is 9.76. The van der Waals surface area contributed by atoms with Crippen molar-refractivity contribution in [1.82, 2.24) is 10.2 Å². The highest BCUT2D eigenvalue weighted by Crippen LogP contribution is 2.38. The van der Waals surface area contributed by atoms with E-state index < -0.39 is 6.10 Å². The van der Waals surface area contributed by atoms with Crippen LogP contribution in [0, 0.1) is 11.8 Å². The normalized spacial score (nSPS) is 18.8. The van der Waals surface area contributed by atoms with Gasteiger partial charge in [0.15, 0.2) is 6.10 Å². The fourth-order valence-corrected chi connectivity index (χ4v) is 4.40. The standard InChI is InChI=1S/C27H34N2O3/c1-4-24(26(30)28-17-19-10-11-19)32-22-13-12-20-14-15-29(27(31)18(2)3)25(23(20)16-22)21-8-6-5-7-9-21/h5-9,12-13,16,18-19,24-25H,4,10-11,14-15,17H2,1-3H3,(H,28,30). The number of amides is 2. The molecule has 1 aliphatic heterocycles. The maximum absolute atomic E-state index is 13.1. The molecule has 2 aromatic carbocycles. The first kappa shape index (κ1) is 22.4. The van der Waals surface area contributed by atoms with Crippen LogP contribution in [0.4, 0.5) is 0 Å². The Labute approximate surface area is 191 Å². The van der Waals surface area contributed by atoms with Gasteiger partial charge in [-0.2, -0.15) is 0 Å². The summed E-state index contributed by atoms with van der Waals surface area (Å²) in [5.74, 6) is 1.35. The lowest BCUT2D eigenvalue weighted by molar-refractivity contribution is -0.136. The van der Waals surface area contributed by atoms with Crippen molar-refractivity contribution in [2.75, 3.05) is 13.1 Å². The third-order valence-electron chi connectivity index (χ3n) is 6.44. The molecule has 0 bridgehead atoms. The van der Waals surface area contributed by atoms with E-state index in [1.165, 1.54) is 18.4 Å². The molecule has 2 atom stereocenters. The molecule has 0 aromatic heterocycles. The van der Waals surface area contributed by atoms with E-state index in [4.69, 9.17) is 4.74 Å². The zero-order chi connectivity index (χ0) is 22.7. The second-order valence-corrected chi connectivity index (χ2v) is 9.31. The Morgan fingerprint density at radius 2 is 1.88 bits per heavy atom. The third kappa shape index (κ3) is 4.98. The molecule has 2 unspecified atom stereocenters. The number of rotatable bonds is 8. The first-order valence-corrected chi connectivity index (χ1v) is 11.9. The Bertz CT molecular complexity index is 953. The summed E-state index contributed by atoms with van der Waals surface area (Å²) in [6.45, 7) is 7.31. The highest BCUT2D eigenvalue weighted by Gasteiger charge is 2.33. The number of ether oxygens (including phenoxy) is 1. The zero-order valence-electron chi connectivity index (χ0n) is 19.3. The van der Waals surface area contributed by atoms with Gasteiger partial charge in [-0.25, -0.2) is 0 Å². The van der Waals surface area contributed by atoms with Crippen LogP contribution in [0.5, 0.6) is 5.75 Å². The summed E-state index contributed by atoms with van der Waals surface area (Å²) < 4.78 is 6.16. The predicted octanol–water partition coefficient (Wildman–Crippen LogP) is 4.50. The maximum Gasteiger partial charge on any atom is 0.261 e. The molecule has 5 heteroatoms. The van der Waals surface area contributed by atoms with Gasteiger partial charge in [-0.3, -0.25) is 9.59 Å². The number of fused-ring (bicyclic) bond motifs is 1. The van der Waals surface area contributed by atoms with Crippen LogP contribution in [0.25, 0.3) is 0 Å². The van der Waals surface area contributed by atoms with Crippen LogP contribution in [0.2, 0.25) is 0 Å². The largest absolute Gasteiger partial charge is 0.481 e. The molecule has 0 spiro atoms. The quantitative estimate of drug-likeness (QED) is 0.666. The molecule has 32 heavy (non-hydrogen) atoms. The lowest BCUT2D eigenvalue weighted by Crippen LogP contribution is -2.42. The summed E-state index contributed by atoms with van der Waals surface area (Å²) in [7, 11) is 0.